The summed E-state index contributed by atoms with van der Waals surface area (Å²) in [6.07, 6.45) is 1.92. The number of para-hydroxylation sites is 1. The van der Waals surface area contributed by atoms with Gasteiger partial charge in [-0.2, -0.15) is 16.9 Å². The number of rotatable bonds is 5. The van der Waals surface area contributed by atoms with Gasteiger partial charge in [-0.05, 0) is 25.3 Å². The van der Waals surface area contributed by atoms with Crippen LogP contribution in [-0.2, 0) is 4.79 Å². The van der Waals surface area contributed by atoms with Crippen molar-refractivity contribution < 1.29 is 4.79 Å². The summed E-state index contributed by atoms with van der Waals surface area (Å²) in [5.41, 5.74) is 1.56. The molecule has 1 atom stereocenters. The zero-order valence-electron chi connectivity index (χ0n) is 12.7. The molecule has 2 N–H and O–H groups in total. The Morgan fingerprint density at radius 1 is 1.29 bits per heavy atom. The fourth-order valence-electron chi connectivity index (χ4n) is 1.78. The molecule has 2 aromatic rings. The maximum absolute atomic E-state index is 12.1. The Morgan fingerprint density at radius 2 is 2.00 bits per heavy atom. The molecule has 0 aliphatic rings. The molecule has 1 heterocycles. The van der Waals surface area contributed by atoms with Crippen molar-refractivity contribution in [3.8, 4) is 11.4 Å². The molecule has 1 amide bonds. The van der Waals surface area contributed by atoms with E-state index in [9.17, 15) is 4.79 Å². The Morgan fingerprint density at radius 3 is 2.62 bits per heavy atom. The number of benzene rings is 1. The molecule has 6 heteroatoms. The van der Waals surface area contributed by atoms with E-state index in [1.807, 2.05) is 37.4 Å². The van der Waals surface area contributed by atoms with E-state index in [1.165, 1.54) is 11.8 Å². The second kappa shape index (κ2) is 6.76. The first kappa shape index (κ1) is 15.6. The molecule has 0 unspecified atom stereocenters. The van der Waals surface area contributed by atoms with E-state index in [0.29, 0.717) is 5.82 Å². The van der Waals surface area contributed by atoms with Gasteiger partial charge in [-0.15, -0.1) is 0 Å². The first-order chi connectivity index (χ1) is 10.0. The Balaban J connectivity index is 2.30. The van der Waals surface area contributed by atoms with Crippen LogP contribution in [0.15, 0.2) is 24.3 Å². The van der Waals surface area contributed by atoms with E-state index in [-0.39, 0.29) is 17.1 Å². The maximum Gasteiger partial charge on any atom is 0.237 e. The molecule has 0 saturated heterocycles. The van der Waals surface area contributed by atoms with Gasteiger partial charge in [-0.1, -0.05) is 26.0 Å². The lowest BCUT2D eigenvalue weighted by Gasteiger charge is -2.12. The lowest BCUT2D eigenvalue weighted by molar-refractivity contribution is -0.115. The van der Waals surface area contributed by atoms with Gasteiger partial charge in [0.2, 0.25) is 5.91 Å². The molecule has 0 spiro atoms. The van der Waals surface area contributed by atoms with Crippen LogP contribution in [0.4, 0.5) is 5.69 Å². The maximum atomic E-state index is 12.1. The molecule has 112 valence electrons. The monoisotopic (exact) mass is 304 g/mol. The molecule has 0 radical (unpaired) electrons. The number of carbonyl (C=O) groups excluding carboxylic acids is 1. The molecule has 5 nitrogen and oxygen atoms in total. The molecule has 1 aromatic heterocycles. The Bertz CT molecular complexity index is 624. The second-order valence-electron chi connectivity index (χ2n) is 5.11. The third-order valence-corrected chi connectivity index (χ3v) is 4.12. The fourth-order valence-corrected chi connectivity index (χ4v) is 2.05. The van der Waals surface area contributed by atoms with Crippen molar-refractivity contribution in [2.45, 2.75) is 31.9 Å². The number of nitrogens with zero attached hydrogens (tertiary/aromatic N) is 2. The SMILES string of the molecule is CS[C@H](C)C(=O)Nc1ccccc1-c1n[nH]c(C(C)C)n1. The van der Waals surface area contributed by atoms with Gasteiger partial charge in [0.15, 0.2) is 5.82 Å². The zero-order valence-corrected chi connectivity index (χ0v) is 13.5. The molecular formula is C15H20N4OS. The van der Waals surface area contributed by atoms with Gasteiger partial charge in [-0.25, -0.2) is 4.98 Å². The van der Waals surface area contributed by atoms with Crippen LogP contribution < -0.4 is 5.32 Å². The van der Waals surface area contributed by atoms with Crippen molar-refractivity contribution in [1.82, 2.24) is 15.2 Å². The molecule has 21 heavy (non-hydrogen) atoms. The minimum atomic E-state index is -0.101. The van der Waals surface area contributed by atoms with Gasteiger partial charge in [0.1, 0.15) is 5.82 Å². The van der Waals surface area contributed by atoms with Crippen LogP contribution in [0.25, 0.3) is 11.4 Å². The third kappa shape index (κ3) is 3.64. The highest BCUT2D eigenvalue weighted by molar-refractivity contribution is 7.99. The minimum Gasteiger partial charge on any atom is -0.324 e. The van der Waals surface area contributed by atoms with Gasteiger partial charge in [0.05, 0.1) is 10.9 Å². The van der Waals surface area contributed by atoms with E-state index in [1.54, 1.807) is 0 Å². The molecule has 0 aliphatic carbocycles. The average Bonchev–Trinajstić information content (AvgIpc) is 2.96. The largest absolute Gasteiger partial charge is 0.324 e. The van der Waals surface area contributed by atoms with Crippen LogP contribution in [0.5, 0.6) is 0 Å². The summed E-state index contributed by atoms with van der Waals surface area (Å²) in [6.45, 7) is 5.99. The Kier molecular flexibility index (Phi) is 5.01. The zero-order chi connectivity index (χ0) is 15.4. The quantitative estimate of drug-likeness (QED) is 0.889. The lowest BCUT2D eigenvalue weighted by Crippen LogP contribution is -2.22. The molecular weight excluding hydrogens is 284 g/mol. The lowest BCUT2D eigenvalue weighted by atomic mass is 10.1. The van der Waals surface area contributed by atoms with E-state index < -0.39 is 0 Å². The number of anilines is 1. The first-order valence-electron chi connectivity index (χ1n) is 6.88. The predicted molar refractivity (Wildman–Crippen MR) is 87.5 cm³/mol. The number of hydrogen-bond acceptors (Lipinski definition) is 4. The third-order valence-electron chi connectivity index (χ3n) is 3.20. The average molecular weight is 304 g/mol. The van der Waals surface area contributed by atoms with Gasteiger partial charge in [0.25, 0.3) is 0 Å². The van der Waals surface area contributed by atoms with Gasteiger partial charge in [0, 0.05) is 11.5 Å². The summed E-state index contributed by atoms with van der Waals surface area (Å²) in [5, 5.41) is 10.0. The fraction of sp³-hybridized carbons (Fsp3) is 0.400. The highest BCUT2D eigenvalue weighted by atomic mass is 32.2. The van der Waals surface area contributed by atoms with Crippen molar-refractivity contribution >= 4 is 23.4 Å². The van der Waals surface area contributed by atoms with Crippen molar-refractivity contribution in [3.05, 3.63) is 30.1 Å². The number of hydrogen-bond donors (Lipinski definition) is 2. The van der Waals surface area contributed by atoms with Gasteiger partial charge < -0.3 is 5.32 Å². The van der Waals surface area contributed by atoms with Crippen LogP contribution in [0.3, 0.4) is 0 Å². The summed E-state index contributed by atoms with van der Waals surface area (Å²) in [7, 11) is 0. The summed E-state index contributed by atoms with van der Waals surface area (Å²) in [4.78, 5) is 16.5. The van der Waals surface area contributed by atoms with Crippen molar-refractivity contribution in [1.29, 1.82) is 0 Å². The summed E-state index contributed by atoms with van der Waals surface area (Å²) in [6, 6.07) is 7.58. The number of amides is 1. The van der Waals surface area contributed by atoms with Gasteiger partial charge in [-0.3, -0.25) is 9.89 Å². The van der Waals surface area contributed by atoms with Crippen molar-refractivity contribution in [2.75, 3.05) is 11.6 Å². The minimum absolute atomic E-state index is 0.0189. The highest BCUT2D eigenvalue weighted by Gasteiger charge is 2.16. The van der Waals surface area contributed by atoms with Crippen LogP contribution in [0.1, 0.15) is 32.5 Å². The standard InChI is InChI=1S/C15H20N4OS/c1-9(2)13-17-14(19-18-13)11-7-5-6-8-12(11)16-15(20)10(3)21-4/h5-10H,1-4H3,(H,16,20)(H,17,18,19)/t10-/m1/s1. The molecule has 0 bridgehead atoms. The van der Waals surface area contributed by atoms with Crippen molar-refractivity contribution in [2.24, 2.45) is 0 Å². The Labute approximate surface area is 128 Å². The van der Waals surface area contributed by atoms with Crippen LogP contribution in [-0.4, -0.2) is 32.6 Å². The normalized spacial score (nSPS) is 12.4. The number of nitrogens with one attached hydrogen (secondary N) is 2. The van der Waals surface area contributed by atoms with E-state index >= 15 is 0 Å². The number of H-pyrrole nitrogens is 1. The van der Waals surface area contributed by atoms with E-state index in [4.69, 9.17) is 0 Å². The molecule has 2 rings (SSSR count). The number of aromatic amines is 1. The second-order valence-corrected chi connectivity index (χ2v) is 6.29. The van der Waals surface area contributed by atoms with Crippen molar-refractivity contribution in [3.63, 3.8) is 0 Å². The number of carbonyl (C=O) groups is 1. The molecule has 1 aromatic carbocycles. The van der Waals surface area contributed by atoms with E-state index in [2.05, 4.69) is 34.3 Å². The van der Waals surface area contributed by atoms with Crippen LogP contribution in [0.2, 0.25) is 0 Å². The Hall–Kier alpha value is -1.82. The number of aromatic nitrogens is 3. The predicted octanol–water partition coefficient (Wildman–Crippen LogP) is 3.29. The first-order valence-corrected chi connectivity index (χ1v) is 8.17. The highest BCUT2D eigenvalue weighted by Crippen LogP contribution is 2.26. The molecule has 0 aliphatic heterocycles. The number of thioether (sulfide) groups is 1. The molecule has 0 saturated carbocycles. The van der Waals surface area contributed by atoms with E-state index in [0.717, 1.165) is 17.1 Å². The summed E-state index contributed by atoms with van der Waals surface area (Å²) in [5.74, 6) is 1.70. The van der Waals surface area contributed by atoms with Crippen LogP contribution >= 0.6 is 11.8 Å². The molecule has 0 fully saturated rings. The summed E-state index contributed by atoms with van der Waals surface area (Å²) >= 11 is 1.51. The smallest absolute Gasteiger partial charge is 0.237 e. The van der Waals surface area contributed by atoms with Gasteiger partial charge >= 0.3 is 0 Å². The topological polar surface area (TPSA) is 70.7 Å². The summed E-state index contributed by atoms with van der Waals surface area (Å²) < 4.78 is 0. The van der Waals surface area contributed by atoms with Crippen LogP contribution in [0, 0.1) is 0 Å².